The zero-order chi connectivity index (χ0) is 13.1. The van der Waals surface area contributed by atoms with E-state index >= 15 is 0 Å². The molecule has 0 radical (unpaired) electrons. The third kappa shape index (κ3) is 4.75. The highest BCUT2D eigenvalue weighted by atomic mass is 32.2. The molecule has 0 spiro atoms. The lowest BCUT2D eigenvalue weighted by molar-refractivity contribution is 0.378. The van der Waals surface area contributed by atoms with Crippen molar-refractivity contribution in [3.8, 4) is 0 Å². The van der Waals surface area contributed by atoms with E-state index in [1.165, 1.54) is 11.3 Å². The fourth-order valence-electron chi connectivity index (χ4n) is 1.24. The molecule has 0 aliphatic carbocycles. The molecule has 1 aromatic rings. The van der Waals surface area contributed by atoms with Gasteiger partial charge >= 0.3 is 0 Å². The van der Waals surface area contributed by atoms with Gasteiger partial charge in [-0.05, 0) is 24.0 Å². The highest BCUT2D eigenvalue weighted by Crippen LogP contribution is 2.22. The van der Waals surface area contributed by atoms with Gasteiger partial charge in [-0.25, -0.2) is 13.1 Å². The van der Waals surface area contributed by atoms with Crippen molar-refractivity contribution in [3.63, 3.8) is 0 Å². The first-order chi connectivity index (χ1) is 7.74. The van der Waals surface area contributed by atoms with E-state index in [9.17, 15) is 8.42 Å². The summed E-state index contributed by atoms with van der Waals surface area (Å²) in [5, 5.41) is 0. The third-order valence-electron chi connectivity index (χ3n) is 2.27. The van der Waals surface area contributed by atoms with Crippen LogP contribution < -0.4 is 10.5 Å². The molecule has 0 aromatic carbocycles. The van der Waals surface area contributed by atoms with E-state index in [4.69, 9.17) is 5.73 Å². The first-order valence-corrected chi connectivity index (χ1v) is 7.83. The van der Waals surface area contributed by atoms with E-state index < -0.39 is 10.0 Å². The Balaban J connectivity index is 2.63. The molecule has 0 unspecified atom stereocenters. The quantitative estimate of drug-likeness (QED) is 0.863. The lowest BCUT2D eigenvalue weighted by atomic mass is 9.93. The molecule has 0 bridgehead atoms. The normalized spacial score (nSPS) is 12.9. The molecular formula is C11H20N2O2S2. The zero-order valence-corrected chi connectivity index (χ0v) is 12.1. The summed E-state index contributed by atoms with van der Waals surface area (Å²) >= 11 is 1.22. The Hall–Kier alpha value is -0.430. The second-order valence-electron chi connectivity index (χ2n) is 5.13. The van der Waals surface area contributed by atoms with Crippen LogP contribution >= 0.6 is 11.3 Å². The van der Waals surface area contributed by atoms with Crippen LogP contribution in [0.3, 0.4) is 0 Å². The standard InChI is InChI=1S/C11H20N2O2S2/c1-11(2,3)6-7-13-17(14,15)10-5-4-9(8-12)16-10/h4-5,13H,6-8,12H2,1-3H3. The summed E-state index contributed by atoms with van der Waals surface area (Å²) in [5.41, 5.74) is 5.58. The van der Waals surface area contributed by atoms with Crippen LogP contribution in [0.15, 0.2) is 16.3 Å². The van der Waals surface area contributed by atoms with Crippen molar-refractivity contribution in [2.45, 2.75) is 37.9 Å². The molecule has 1 rings (SSSR count). The van der Waals surface area contributed by atoms with Crippen molar-refractivity contribution >= 4 is 21.4 Å². The maximum absolute atomic E-state index is 11.9. The zero-order valence-electron chi connectivity index (χ0n) is 10.5. The number of hydrogen-bond acceptors (Lipinski definition) is 4. The summed E-state index contributed by atoms with van der Waals surface area (Å²) < 4.78 is 26.8. The SMILES string of the molecule is CC(C)(C)CCNS(=O)(=O)c1ccc(CN)s1. The topological polar surface area (TPSA) is 72.2 Å². The number of nitrogens with two attached hydrogens (primary N) is 1. The van der Waals surface area contributed by atoms with Crippen molar-refractivity contribution in [3.05, 3.63) is 17.0 Å². The average molecular weight is 276 g/mol. The highest BCUT2D eigenvalue weighted by Gasteiger charge is 2.17. The van der Waals surface area contributed by atoms with E-state index in [1.54, 1.807) is 12.1 Å². The Bertz CT molecular complexity index is 458. The Kier molecular flexibility index (Phi) is 4.71. The van der Waals surface area contributed by atoms with Crippen LogP contribution in [0.5, 0.6) is 0 Å². The molecule has 3 N–H and O–H groups in total. The Morgan fingerprint density at radius 1 is 1.35 bits per heavy atom. The first kappa shape index (κ1) is 14.6. The number of thiophene rings is 1. The minimum Gasteiger partial charge on any atom is -0.326 e. The lowest BCUT2D eigenvalue weighted by Gasteiger charge is -2.17. The molecule has 0 fully saturated rings. The minimum atomic E-state index is -3.36. The van der Waals surface area contributed by atoms with Crippen molar-refractivity contribution in [2.24, 2.45) is 11.1 Å². The molecule has 0 aliphatic rings. The molecule has 1 aromatic heterocycles. The van der Waals surface area contributed by atoms with Crippen molar-refractivity contribution in [1.29, 1.82) is 0 Å². The van der Waals surface area contributed by atoms with Crippen LogP contribution in [-0.4, -0.2) is 15.0 Å². The smallest absolute Gasteiger partial charge is 0.250 e. The van der Waals surface area contributed by atoms with E-state index in [-0.39, 0.29) is 5.41 Å². The number of sulfonamides is 1. The number of hydrogen-bond donors (Lipinski definition) is 2. The van der Waals surface area contributed by atoms with Gasteiger partial charge in [0.15, 0.2) is 0 Å². The van der Waals surface area contributed by atoms with Gasteiger partial charge in [-0.2, -0.15) is 0 Å². The third-order valence-corrected chi connectivity index (χ3v) is 5.33. The number of nitrogens with one attached hydrogen (secondary N) is 1. The first-order valence-electron chi connectivity index (χ1n) is 5.53. The monoisotopic (exact) mass is 276 g/mol. The van der Waals surface area contributed by atoms with Crippen LogP contribution in [-0.2, 0) is 16.6 Å². The van der Waals surface area contributed by atoms with Gasteiger partial charge < -0.3 is 5.73 Å². The summed E-state index contributed by atoms with van der Waals surface area (Å²) in [4.78, 5) is 0.876. The maximum atomic E-state index is 11.9. The van der Waals surface area contributed by atoms with Crippen LogP contribution in [0.4, 0.5) is 0 Å². The Morgan fingerprint density at radius 3 is 2.47 bits per heavy atom. The molecular weight excluding hydrogens is 256 g/mol. The molecule has 0 atom stereocenters. The van der Waals surface area contributed by atoms with E-state index in [0.717, 1.165) is 11.3 Å². The van der Waals surface area contributed by atoms with E-state index in [2.05, 4.69) is 25.5 Å². The summed E-state index contributed by atoms with van der Waals surface area (Å²) in [6.45, 7) is 7.08. The molecule has 98 valence electrons. The molecule has 0 aliphatic heterocycles. The van der Waals surface area contributed by atoms with Gasteiger partial charge in [-0.15, -0.1) is 11.3 Å². The highest BCUT2D eigenvalue weighted by molar-refractivity contribution is 7.91. The lowest BCUT2D eigenvalue weighted by Crippen LogP contribution is -2.26. The van der Waals surface area contributed by atoms with Crippen LogP contribution in [0, 0.1) is 5.41 Å². The van der Waals surface area contributed by atoms with Gasteiger partial charge in [0.05, 0.1) is 0 Å². The van der Waals surface area contributed by atoms with Gasteiger partial charge in [-0.3, -0.25) is 0 Å². The van der Waals surface area contributed by atoms with Gasteiger partial charge in [0.2, 0.25) is 10.0 Å². The van der Waals surface area contributed by atoms with Crippen LogP contribution in [0.1, 0.15) is 32.1 Å². The van der Waals surface area contributed by atoms with Crippen molar-refractivity contribution in [1.82, 2.24) is 4.72 Å². The molecule has 4 nitrogen and oxygen atoms in total. The predicted octanol–water partition coefficient (Wildman–Crippen LogP) is 1.92. The maximum Gasteiger partial charge on any atom is 0.250 e. The molecule has 1 heterocycles. The predicted molar refractivity (Wildman–Crippen MR) is 71.5 cm³/mol. The Morgan fingerprint density at radius 2 is 2.00 bits per heavy atom. The molecule has 0 saturated heterocycles. The molecule has 6 heteroatoms. The summed E-state index contributed by atoms with van der Waals surface area (Å²) in [7, 11) is -3.36. The van der Waals surface area contributed by atoms with Crippen molar-refractivity contribution < 1.29 is 8.42 Å². The Labute approximate surface area is 107 Å². The van der Waals surface area contributed by atoms with Crippen LogP contribution in [0.25, 0.3) is 0 Å². The molecule has 17 heavy (non-hydrogen) atoms. The fourth-order valence-corrected chi connectivity index (χ4v) is 3.55. The molecule has 0 amide bonds. The minimum absolute atomic E-state index is 0.125. The summed E-state index contributed by atoms with van der Waals surface area (Å²) in [5.74, 6) is 0. The molecule has 0 saturated carbocycles. The average Bonchev–Trinajstić information content (AvgIpc) is 2.63. The second-order valence-corrected chi connectivity index (χ2v) is 8.30. The number of rotatable bonds is 5. The summed E-state index contributed by atoms with van der Waals surface area (Å²) in [6, 6.07) is 3.36. The van der Waals surface area contributed by atoms with E-state index in [1.807, 2.05) is 0 Å². The van der Waals surface area contributed by atoms with Crippen molar-refractivity contribution in [2.75, 3.05) is 6.54 Å². The second kappa shape index (κ2) is 5.48. The largest absolute Gasteiger partial charge is 0.326 e. The van der Waals surface area contributed by atoms with Gasteiger partial charge in [0, 0.05) is 18.0 Å². The van der Waals surface area contributed by atoms with Crippen LogP contribution in [0.2, 0.25) is 0 Å². The van der Waals surface area contributed by atoms with Gasteiger partial charge in [0.1, 0.15) is 4.21 Å². The van der Waals surface area contributed by atoms with Gasteiger partial charge in [0.25, 0.3) is 0 Å². The fraction of sp³-hybridized carbons (Fsp3) is 0.636. The van der Waals surface area contributed by atoms with E-state index in [0.29, 0.717) is 17.3 Å². The summed E-state index contributed by atoms with van der Waals surface area (Å²) in [6.07, 6.45) is 0.807. The van der Waals surface area contributed by atoms with Gasteiger partial charge in [-0.1, -0.05) is 20.8 Å².